The van der Waals surface area contributed by atoms with E-state index in [1.54, 1.807) is 0 Å². The summed E-state index contributed by atoms with van der Waals surface area (Å²) in [6.07, 6.45) is 0. The second-order valence-electron chi connectivity index (χ2n) is 3.30. The topological polar surface area (TPSA) is 75.3 Å². The lowest BCUT2D eigenvalue weighted by Gasteiger charge is -2.19. The van der Waals surface area contributed by atoms with Crippen molar-refractivity contribution in [3.63, 3.8) is 0 Å². The maximum Gasteiger partial charge on any atom is 0.322 e. The highest BCUT2D eigenvalue weighted by Crippen LogP contribution is 2.21. The Labute approximate surface area is 97.2 Å². The number of nitrogens with two attached hydrogens (primary N) is 1. The van der Waals surface area contributed by atoms with Gasteiger partial charge < -0.3 is 16.2 Å². The van der Waals surface area contributed by atoms with E-state index >= 15 is 0 Å². The Balaban J connectivity index is 2.99. The highest BCUT2D eigenvalue weighted by atomic mass is 35.5. The molecule has 1 aromatic rings. The lowest BCUT2D eigenvalue weighted by molar-refractivity contribution is -0.139. The van der Waals surface area contributed by atoms with Crippen LogP contribution in [-0.4, -0.2) is 24.2 Å². The van der Waals surface area contributed by atoms with Crippen LogP contribution in [0.4, 0.5) is 4.39 Å². The second-order valence-corrected chi connectivity index (χ2v) is 3.71. The Kier molecular flexibility index (Phi) is 4.23. The number of halogens is 2. The monoisotopic (exact) mass is 246 g/mol. The standard InChI is InChI=1S/C10H12ClFN2O2/c1-14-9(10(15)16)8(13)5-2-3-7(12)6(11)4-5/h2-4,8-9,14H,13H2,1H3,(H,15,16). The fourth-order valence-electron chi connectivity index (χ4n) is 1.37. The molecular formula is C10H12ClFN2O2. The molecule has 1 aromatic carbocycles. The van der Waals surface area contributed by atoms with Crippen molar-refractivity contribution in [1.82, 2.24) is 5.32 Å². The number of hydrogen-bond donors (Lipinski definition) is 3. The van der Waals surface area contributed by atoms with Crippen molar-refractivity contribution in [1.29, 1.82) is 0 Å². The number of likely N-dealkylation sites (N-methyl/N-ethyl adjacent to an activating group) is 1. The number of benzene rings is 1. The minimum Gasteiger partial charge on any atom is -0.480 e. The largest absolute Gasteiger partial charge is 0.480 e. The zero-order chi connectivity index (χ0) is 12.3. The van der Waals surface area contributed by atoms with Crippen LogP contribution in [0.2, 0.25) is 5.02 Å². The van der Waals surface area contributed by atoms with Gasteiger partial charge in [-0.05, 0) is 24.7 Å². The number of carboxylic acid groups (broad SMARTS) is 1. The molecule has 0 bridgehead atoms. The summed E-state index contributed by atoms with van der Waals surface area (Å²) in [5.74, 6) is -1.63. The number of carboxylic acids is 1. The van der Waals surface area contributed by atoms with Gasteiger partial charge >= 0.3 is 5.97 Å². The summed E-state index contributed by atoms with van der Waals surface area (Å²) >= 11 is 5.59. The van der Waals surface area contributed by atoms with E-state index in [-0.39, 0.29) is 5.02 Å². The van der Waals surface area contributed by atoms with Gasteiger partial charge in [-0.25, -0.2) is 4.39 Å². The zero-order valence-electron chi connectivity index (χ0n) is 8.58. The quantitative estimate of drug-likeness (QED) is 0.745. The van der Waals surface area contributed by atoms with E-state index in [0.29, 0.717) is 5.56 Å². The average Bonchev–Trinajstić information content (AvgIpc) is 2.22. The lowest BCUT2D eigenvalue weighted by atomic mass is 10.0. The highest BCUT2D eigenvalue weighted by Gasteiger charge is 2.25. The molecule has 0 aliphatic carbocycles. The second kappa shape index (κ2) is 5.25. The number of rotatable bonds is 4. The van der Waals surface area contributed by atoms with Crippen molar-refractivity contribution in [2.24, 2.45) is 5.73 Å². The molecule has 88 valence electrons. The molecule has 0 saturated carbocycles. The summed E-state index contributed by atoms with van der Waals surface area (Å²) in [6, 6.07) is 2.17. The maximum atomic E-state index is 12.9. The van der Waals surface area contributed by atoms with Gasteiger partial charge in [0.1, 0.15) is 11.9 Å². The molecule has 1 rings (SSSR count). The fourth-order valence-corrected chi connectivity index (χ4v) is 1.56. The van der Waals surface area contributed by atoms with Crippen LogP contribution < -0.4 is 11.1 Å². The smallest absolute Gasteiger partial charge is 0.322 e. The van der Waals surface area contributed by atoms with Crippen molar-refractivity contribution in [3.05, 3.63) is 34.6 Å². The van der Waals surface area contributed by atoms with Gasteiger partial charge in [0.25, 0.3) is 0 Å². The summed E-state index contributed by atoms with van der Waals surface area (Å²) in [7, 11) is 1.49. The summed E-state index contributed by atoms with van der Waals surface area (Å²) in [5.41, 5.74) is 6.21. The highest BCUT2D eigenvalue weighted by molar-refractivity contribution is 6.30. The fraction of sp³-hybridized carbons (Fsp3) is 0.300. The first-order valence-electron chi connectivity index (χ1n) is 4.58. The molecule has 4 nitrogen and oxygen atoms in total. The number of carbonyl (C=O) groups is 1. The summed E-state index contributed by atoms with van der Waals surface area (Å²) in [5, 5.41) is 11.4. The van der Waals surface area contributed by atoms with Crippen molar-refractivity contribution in [3.8, 4) is 0 Å². The van der Waals surface area contributed by atoms with Gasteiger partial charge in [-0.1, -0.05) is 17.7 Å². The zero-order valence-corrected chi connectivity index (χ0v) is 9.33. The van der Waals surface area contributed by atoms with E-state index in [1.807, 2.05) is 0 Å². The molecule has 2 atom stereocenters. The molecule has 0 aliphatic heterocycles. The van der Waals surface area contributed by atoms with Gasteiger partial charge in [-0.3, -0.25) is 4.79 Å². The molecule has 6 heteroatoms. The van der Waals surface area contributed by atoms with Crippen molar-refractivity contribution in [2.75, 3.05) is 7.05 Å². The molecule has 16 heavy (non-hydrogen) atoms. The Morgan fingerprint density at radius 2 is 2.25 bits per heavy atom. The molecule has 0 amide bonds. The van der Waals surface area contributed by atoms with E-state index in [0.717, 1.165) is 6.07 Å². The third-order valence-electron chi connectivity index (χ3n) is 2.26. The van der Waals surface area contributed by atoms with E-state index in [4.69, 9.17) is 22.4 Å². The van der Waals surface area contributed by atoms with E-state index < -0.39 is 23.9 Å². The Morgan fingerprint density at radius 1 is 1.62 bits per heavy atom. The lowest BCUT2D eigenvalue weighted by Crippen LogP contribution is -2.43. The van der Waals surface area contributed by atoms with E-state index in [9.17, 15) is 9.18 Å². The van der Waals surface area contributed by atoms with Crippen LogP contribution in [-0.2, 0) is 4.79 Å². The first-order valence-corrected chi connectivity index (χ1v) is 4.95. The normalized spacial score (nSPS) is 14.5. The summed E-state index contributed by atoms with van der Waals surface area (Å²) < 4.78 is 12.9. The molecule has 2 unspecified atom stereocenters. The number of aliphatic carboxylic acids is 1. The number of nitrogens with one attached hydrogen (secondary N) is 1. The van der Waals surface area contributed by atoms with Gasteiger partial charge in [0.15, 0.2) is 0 Å². The Hall–Kier alpha value is -1.17. The van der Waals surface area contributed by atoms with Crippen LogP contribution >= 0.6 is 11.6 Å². The summed E-state index contributed by atoms with van der Waals surface area (Å²) in [4.78, 5) is 10.8. The van der Waals surface area contributed by atoms with E-state index in [2.05, 4.69) is 5.32 Å². The number of hydrogen-bond acceptors (Lipinski definition) is 3. The van der Waals surface area contributed by atoms with Crippen LogP contribution in [0.1, 0.15) is 11.6 Å². The predicted molar refractivity (Wildman–Crippen MR) is 58.8 cm³/mol. The molecule has 0 aliphatic rings. The molecular weight excluding hydrogens is 235 g/mol. The van der Waals surface area contributed by atoms with Crippen molar-refractivity contribution in [2.45, 2.75) is 12.1 Å². The first-order chi connectivity index (χ1) is 7.47. The third-order valence-corrected chi connectivity index (χ3v) is 2.55. The molecule has 4 N–H and O–H groups in total. The molecule has 0 saturated heterocycles. The Morgan fingerprint density at radius 3 is 2.69 bits per heavy atom. The van der Waals surface area contributed by atoms with Crippen LogP contribution in [0.25, 0.3) is 0 Å². The molecule has 0 radical (unpaired) electrons. The van der Waals surface area contributed by atoms with Crippen molar-refractivity contribution < 1.29 is 14.3 Å². The van der Waals surface area contributed by atoms with Crippen molar-refractivity contribution >= 4 is 17.6 Å². The molecule has 0 heterocycles. The van der Waals surface area contributed by atoms with E-state index in [1.165, 1.54) is 19.2 Å². The molecule has 0 fully saturated rings. The first kappa shape index (κ1) is 12.9. The predicted octanol–water partition coefficient (Wildman–Crippen LogP) is 1.15. The van der Waals surface area contributed by atoms with Gasteiger partial charge in [0, 0.05) is 0 Å². The van der Waals surface area contributed by atoms with Gasteiger partial charge in [-0.15, -0.1) is 0 Å². The summed E-state index contributed by atoms with van der Waals surface area (Å²) in [6.45, 7) is 0. The van der Waals surface area contributed by atoms with Crippen LogP contribution in [0.3, 0.4) is 0 Å². The SMILES string of the molecule is CNC(C(=O)O)C(N)c1ccc(F)c(Cl)c1. The maximum absolute atomic E-state index is 12.9. The molecule has 0 aromatic heterocycles. The van der Waals surface area contributed by atoms with Gasteiger partial charge in [-0.2, -0.15) is 0 Å². The third kappa shape index (κ3) is 2.69. The molecule has 0 spiro atoms. The van der Waals surface area contributed by atoms with Crippen LogP contribution in [0.5, 0.6) is 0 Å². The Bertz CT molecular complexity index is 400. The minimum absolute atomic E-state index is 0.0757. The van der Waals surface area contributed by atoms with Crippen LogP contribution in [0.15, 0.2) is 18.2 Å². The minimum atomic E-state index is -1.07. The average molecular weight is 247 g/mol. The van der Waals surface area contributed by atoms with Crippen LogP contribution in [0, 0.1) is 5.82 Å². The van der Waals surface area contributed by atoms with Gasteiger partial charge in [0.05, 0.1) is 11.1 Å². The van der Waals surface area contributed by atoms with Gasteiger partial charge in [0.2, 0.25) is 0 Å².